The third-order valence-corrected chi connectivity index (χ3v) is 3.27. The summed E-state index contributed by atoms with van der Waals surface area (Å²) in [5.74, 6) is 0. The first-order valence-corrected chi connectivity index (χ1v) is 6.68. The Morgan fingerprint density at radius 3 is 2.50 bits per heavy atom. The van der Waals surface area contributed by atoms with Crippen molar-refractivity contribution in [1.29, 1.82) is 0 Å². The van der Waals surface area contributed by atoms with Gasteiger partial charge < -0.3 is 5.73 Å². The maximum atomic E-state index is 5.97. The molecular formula is C13H17BrN4. The van der Waals surface area contributed by atoms with E-state index in [0.29, 0.717) is 0 Å². The number of halogens is 1. The normalized spacial score (nSPS) is 11.8. The first kappa shape index (κ1) is 13.2. The van der Waals surface area contributed by atoms with Gasteiger partial charge in [-0.05, 0) is 38.0 Å². The predicted octanol–water partition coefficient (Wildman–Crippen LogP) is 2.48. The van der Waals surface area contributed by atoms with Crippen LogP contribution in [-0.4, -0.2) is 15.0 Å². The van der Waals surface area contributed by atoms with Gasteiger partial charge in [-0.25, -0.2) is 0 Å². The maximum absolute atomic E-state index is 5.97. The van der Waals surface area contributed by atoms with E-state index >= 15 is 0 Å². The van der Waals surface area contributed by atoms with Crippen LogP contribution >= 0.6 is 15.9 Å². The van der Waals surface area contributed by atoms with E-state index in [2.05, 4.69) is 38.4 Å². The predicted molar refractivity (Wildman–Crippen MR) is 75.1 cm³/mol. The first-order chi connectivity index (χ1) is 8.45. The van der Waals surface area contributed by atoms with Crippen molar-refractivity contribution in [3.05, 3.63) is 46.2 Å². The van der Waals surface area contributed by atoms with Gasteiger partial charge in [-0.15, -0.1) is 5.10 Å². The Balaban J connectivity index is 1.98. The molecule has 4 nitrogen and oxygen atoms in total. The van der Waals surface area contributed by atoms with E-state index in [1.54, 1.807) is 0 Å². The SMILES string of the molecule is CC(C)(N)c1cn(CCc2ccc(Br)cc2)nn1. The molecule has 1 aromatic carbocycles. The van der Waals surface area contributed by atoms with Crippen LogP contribution in [0.4, 0.5) is 0 Å². The molecular weight excluding hydrogens is 292 g/mol. The Morgan fingerprint density at radius 1 is 1.28 bits per heavy atom. The Hall–Kier alpha value is -1.20. The van der Waals surface area contributed by atoms with Gasteiger partial charge in [0.15, 0.2) is 0 Å². The highest BCUT2D eigenvalue weighted by Gasteiger charge is 2.17. The van der Waals surface area contributed by atoms with Crippen molar-refractivity contribution in [2.45, 2.75) is 32.4 Å². The second kappa shape index (κ2) is 5.20. The van der Waals surface area contributed by atoms with E-state index in [9.17, 15) is 0 Å². The zero-order chi connectivity index (χ0) is 13.2. The summed E-state index contributed by atoms with van der Waals surface area (Å²) < 4.78 is 2.94. The Kier molecular flexibility index (Phi) is 3.82. The van der Waals surface area contributed by atoms with E-state index < -0.39 is 5.54 Å². The van der Waals surface area contributed by atoms with Crippen molar-refractivity contribution in [1.82, 2.24) is 15.0 Å². The first-order valence-electron chi connectivity index (χ1n) is 5.89. The van der Waals surface area contributed by atoms with Crippen LogP contribution in [0.5, 0.6) is 0 Å². The summed E-state index contributed by atoms with van der Waals surface area (Å²) in [5.41, 5.74) is 7.64. The third-order valence-electron chi connectivity index (χ3n) is 2.74. The molecule has 0 amide bonds. The van der Waals surface area contributed by atoms with Crippen molar-refractivity contribution < 1.29 is 0 Å². The van der Waals surface area contributed by atoms with Gasteiger partial charge in [0, 0.05) is 11.0 Å². The molecule has 0 radical (unpaired) electrons. The summed E-state index contributed by atoms with van der Waals surface area (Å²) in [6, 6.07) is 8.31. The van der Waals surface area contributed by atoms with E-state index in [-0.39, 0.29) is 0 Å². The number of nitrogens with two attached hydrogens (primary N) is 1. The lowest BCUT2D eigenvalue weighted by Crippen LogP contribution is -2.29. The molecule has 0 unspecified atom stereocenters. The molecule has 0 bridgehead atoms. The molecule has 0 aliphatic carbocycles. The summed E-state index contributed by atoms with van der Waals surface area (Å²) in [4.78, 5) is 0. The summed E-state index contributed by atoms with van der Waals surface area (Å²) in [5, 5.41) is 8.19. The third kappa shape index (κ3) is 3.40. The van der Waals surface area contributed by atoms with Gasteiger partial charge in [-0.3, -0.25) is 4.68 Å². The number of hydrogen-bond donors (Lipinski definition) is 1. The molecule has 0 atom stereocenters. The van der Waals surface area contributed by atoms with Crippen LogP contribution in [0.2, 0.25) is 0 Å². The van der Waals surface area contributed by atoms with Crippen molar-refractivity contribution >= 4 is 15.9 Å². The second-order valence-electron chi connectivity index (χ2n) is 4.97. The minimum atomic E-state index is -0.435. The minimum Gasteiger partial charge on any atom is -0.320 e. The van der Waals surface area contributed by atoms with Gasteiger partial charge in [0.05, 0.1) is 11.7 Å². The monoisotopic (exact) mass is 308 g/mol. The second-order valence-corrected chi connectivity index (χ2v) is 5.88. The summed E-state index contributed by atoms with van der Waals surface area (Å²) in [6.07, 6.45) is 2.85. The molecule has 0 spiro atoms. The lowest BCUT2D eigenvalue weighted by molar-refractivity contribution is 0.533. The molecule has 1 aromatic heterocycles. The molecule has 18 heavy (non-hydrogen) atoms. The van der Waals surface area contributed by atoms with Crippen LogP contribution < -0.4 is 5.73 Å². The van der Waals surface area contributed by atoms with Gasteiger partial charge in [0.25, 0.3) is 0 Å². The van der Waals surface area contributed by atoms with Gasteiger partial charge in [0.1, 0.15) is 5.69 Å². The minimum absolute atomic E-state index is 0.435. The van der Waals surface area contributed by atoms with Crippen LogP contribution in [0, 0.1) is 0 Å². The molecule has 0 fully saturated rings. The van der Waals surface area contributed by atoms with E-state index in [1.165, 1.54) is 5.56 Å². The van der Waals surface area contributed by atoms with Crippen LogP contribution in [0.1, 0.15) is 25.1 Å². The van der Waals surface area contributed by atoms with Crippen molar-refractivity contribution in [2.24, 2.45) is 5.73 Å². The molecule has 0 aliphatic heterocycles. The highest BCUT2D eigenvalue weighted by molar-refractivity contribution is 9.10. The van der Waals surface area contributed by atoms with Gasteiger partial charge in [-0.2, -0.15) is 0 Å². The molecule has 0 saturated heterocycles. The fourth-order valence-corrected chi connectivity index (χ4v) is 1.86. The zero-order valence-corrected chi connectivity index (χ0v) is 12.2. The average Bonchev–Trinajstić information content (AvgIpc) is 2.77. The number of aryl methyl sites for hydroxylation is 2. The molecule has 5 heteroatoms. The van der Waals surface area contributed by atoms with Crippen LogP contribution in [0.3, 0.4) is 0 Å². The summed E-state index contributed by atoms with van der Waals surface area (Å²) >= 11 is 3.43. The highest BCUT2D eigenvalue weighted by Crippen LogP contribution is 2.14. The molecule has 96 valence electrons. The van der Waals surface area contributed by atoms with Gasteiger partial charge in [-0.1, -0.05) is 33.3 Å². The van der Waals surface area contributed by atoms with Crippen LogP contribution in [0.25, 0.3) is 0 Å². The number of aromatic nitrogens is 3. The Labute approximate surface area is 115 Å². The van der Waals surface area contributed by atoms with E-state index in [1.807, 2.05) is 36.9 Å². The lowest BCUT2D eigenvalue weighted by atomic mass is 10.0. The number of nitrogens with zero attached hydrogens (tertiary/aromatic N) is 3. The number of rotatable bonds is 4. The molecule has 1 heterocycles. The van der Waals surface area contributed by atoms with Crippen LogP contribution in [0.15, 0.2) is 34.9 Å². The Bertz CT molecular complexity index is 511. The number of hydrogen-bond acceptors (Lipinski definition) is 3. The summed E-state index contributed by atoms with van der Waals surface area (Å²) in [6.45, 7) is 4.66. The van der Waals surface area contributed by atoms with Crippen molar-refractivity contribution in [2.75, 3.05) is 0 Å². The van der Waals surface area contributed by atoms with Gasteiger partial charge in [0.2, 0.25) is 0 Å². The molecule has 2 rings (SSSR count). The van der Waals surface area contributed by atoms with E-state index in [4.69, 9.17) is 5.73 Å². The largest absolute Gasteiger partial charge is 0.320 e. The maximum Gasteiger partial charge on any atom is 0.102 e. The van der Waals surface area contributed by atoms with E-state index in [0.717, 1.165) is 23.1 Å². The molecule has 0 aliphatic rings. The Morgan fingerprint density at radius 2 is 1.94 bits per heavy atom. The van der Waals surface area contributed by atoms with Gasteiger partial charge >= 0.3 is 0 Å². The van der Waals surface area contributed by atoms with Crippen molar-refractivity contribution in [3.8, 4) is 0 Å². The molecule has 0 saturated carbocycles. The lowest BCUT2D eigenvalue weighted by Gasteiger charge is -2.13. The highest BCUT2D eigenvalue weighted by atomic mass is 79.9. The zero-order valence-electron chi connectivity index (χ0n) is 10.6. The number of benzene rings is 1. The quantitative estimate of drug-likeness (QED) is 0.944. The average molecular weight is 309 g/mol. The fraction of sp³-hybridized carbons (Fsp3) is 0.385. The fourth-order valence-electron chi connectivity index (χ4n) is 1.60. The molecule has 2 N–H and O–H groups in total. The topological polar surface area (TPSA) is 56.7 Å². The van der Waals surface area contributed by atoms with Crippen LogP contribution in [-0.2, 0) is 18.5 Å². The standard InChI is InChI=1S/C13H17BrN4/c1-13(2,15)12-9-18(17-16-12)8-7-10-3-5-11(14)6-4-10/h3-6,9H,7-8,15H2,1-2H3. The molecule has 2 aromatic rings. The smallest absolute Gasteiger partial charge is 0.102 e. The summed E-state index contributed by atoms with van der Waals surface area (Å²) in [7, 11) is 0. The van der Waals surface area contributed by atoms with Crippen molar-refractivity contribution in [3.63, 3.8) is 0 Å².